The molecule has 0 spiro atoms. The average Bonchev–Trinajstić information content (AvgIpc) is 2.38. The van der Waals surface area contributed by atoms with E-state index in [0.29, 0.717) is 4.31 Å². The molecule has 8 heteroatoms. The van der Waals surface area contributed by atoms with Crippen molar-refractivity contribution >= 4 is 15.8 Å². The number of carbonyl (C=O) groups is 1. The lowest BCUT2D eigenvalue weighted by Crippen LogP contribution is -2.37. The van der Waals surface area contributed by atoms with Gasteiger partial charge in [-0.15, -0.1) is 0 Å². The van der Waals surface area contributed by atoms with Crippen LogP contribution in [0.3, 0.4) is 0 Å². The van der Waals surface area contributed by atoms with Crippen LogP contribution in [-0.4, -0.2) is 49.7 Å². The van der Waals surface area contributed by atoms with Crippen LogP contribution in [0.1, 0.15) is 17.3 Å². The lowest BCUT2D eigenvalue weighted by atomic mass is 10.2. The van der Waals surface area contributed by atoms with E-state index in [0.717, 1.165) is 6.07 Å². The molecule has 0 aliphatic carbocycles. The third kappa shape index (κ3) is 4.06. The average molecular weight is 307 g/mol. The highest BCUT2D eigenvalue weighted by Gasteiger charge is 2.27. The van der Waals surface area contributed by atoms with Gasteiger partial charge in [0.15, 0.2) is 5.78 Å². The molecule has 112 valence electrons. The number of benzene rings is 1. The van der Waals surface area contributed by atoms with Gasteiger partial charge < -0.3 is 5.11 Å². The van der Waals surface area contributed by atoms with Crippen LogP contribution in [-0.2, 0) is 10.0 Å². The van der Waals surface area contributed by atoms with Crippen molar-refractivity contribution in [2.45, 2.75) is 18.2 Å². The molecule has 5 nitrogen and oxygen atoms in total. The summed E-state index contributed by atoms with van der Waals surface area (Å²) in [5.41, 5.74) is 0.173. The molecule has 1 rings (SSSR count). The second kappa shape index (κ2) is 6.87. The maximum Gasteiger partial charge on any atom is 0.252 e. The summed E-state index contributed by atoms with van der Waals surface area (Å²) in [5, 5.41) is 8.80. The minimum atomic E-state index is -4.17. The van der Waals surface area contributed by atoms with Crippen molar-refractivity contribution in [2.75, 3.05) is 19.7 Å². The first kappa shape index (κ1) is 16.7. The van der Waals surface area contributed by atoms with Gasteiger partial charge in [0, 0.05) is 12.1 Å². The maximum atomic E-state index is 12.4. The number of rotatable bonds is 7. The van der Waals surface area contributed by atoms with Gasteiger partial charge >= 0.3 is 0 Å². The van der Waals surface area contributed by atoms with Crippen LogP contribution in [0.5, 0.6) is 0 Å². The molecule has 0 amide bonds. The molecular weight excluding hydrogens is 292 g/mol. The number of aliphatic hydroxyl groups is 1. The zero-order chi connectivity index (χ0) is 15.3. The van der Waals surface area contributed by atoms with Gasteiger partial charge in [-0.05, 0) is 19.1 Å². The summed E-state index contributed by atoms with van der Waals surface area (Å²) in [7, 11) is -4.17. The van der Waals surface area contributed by atoms with Crippen LogP contribution in [0.15, 0.2) is 29.2 Å². The molecule has 1 N–H and O–H groups in total. The molecule has 0 bridgehead atoms. The van der Waals surface area contributed by atoms with Gasteiger partial charge in [0.1, 0.15) is 0 Å². The van der Waals surface area contributed by atoms with Gasteiger partial charge in [0.25, 0.3) is 6.43 Å². The summed E-state index contributed by atoms with van der Waals surface area (Å²) >= 11 is 0. The second-order valence-corrected chi connectivity index (χ2v) is 6.00. The fourth-order valence-corrected chi connectivity index (χ4v) is 3.06. The Balaban J connectivity index is 3.18. The van der Waals surface area contributed by atoms with Gasteiger partial charge in [-0.1, -0.05) is 12.1 Å². The van der Waals surface area contributed by atoms with Gasteiger partial charge in [0.2, 0.25) is 10.0 Å². The number of Topliss-reactive ketones (excluding diaryl/α,β-unsaturated/α-hetero) is 1. The first-order valence-electron chi connectivity index (χ1n) is 5.79. The molecule has 0 fully saturated rings. The summed E-state index contributed by atoms with van der Waals surface area (Å²) in [6.45, 7) is -0.737. The topological polar surface area (TPSA) is 74.7 Å². The Morgan fingerprint density at radius 3 is 2.55 bits per heavy atom. The van der Waals surface area contributed by atoms with Crippen LogP contribution in [0.25, 0.3) is 0 Å². The number of halogens is 2. The molecule has 0 atom stereocenters. The normalized spacial score (nSPS) is 12.1. The van der Waals surface area contributed by atoms with E-state index in [1.165, 1.54) is 25.1 Å². The minimum absolute atomic E-state index is 0.173. The van der Waals surface area contributed by atoms with Crippen LogP contribution in [0.4, 0.5) is 8.78 Å². The van der Waals surface area contributed by atoms with Gasteiger partial charge in [0.05, 0.1) is 18.0 Å². The van der Waals surface area contributed by atoms with Crippen molar-refractivity contribution in [1.29, 1.82) is 0 Å². The molecule has 0 unspecified atom stereocenters. The summed E-state index contributed by atoms with van der Waals surface area (Å²) in [6.07, 6.45) is -2.85. The lowest BCUT2D eigenvalue weighted by Gasteiger charge is -2.21. The Kier molecular flexibility index (Phi) is 5.73. The van der Waals surface area contributed by atoms with E-state index in [9.17, 15) is 22.0 Å². The first-order chi connectivity index (χ1) is 9.28. The molecule has 0 aliphatic rings. The number of hydrogen-bond acceptors (Lipinski definition) is 4. The zero-order valence-corrected chi connectivity index (χ0v) is 11.6. The highest BCUT2D eigenvalue weighted by molar-refractivity contribution is 7.89. The molecular formula is C12H15F2NO4S. The molecule has 0 saturated heterocycles. The van der Waals surface area contributed by atoms with Crippen molar-refractivity contribution in [3.05, 3.63) is 29.8 Å². The second-order valence-electron chi connectivity index (χ2n) is 4.06. The highest BCUT2D eigenvalue weighted by atomic mass is 32.2. The number of aliphatic hydroxyl groups excluding tert-OH is 1. The Labute approximate surface area is 115 Å². The van der Waals surface area contributed by atoms with Crippen molar-refractivity contribution in [2.24, 2.45) is 0 Å². The van der Waals surface area contributed by atoms with E-state index in [2.05, 4.69) is 0 Å². The molecule has 0 saturated carbocycles. The Morgan fingerprint density at radius 2 is 2.05 bits per heavy atom. The van der Waals surface area contributed by atoms with E-state index >= 15 is 0 Å². The number of sulfonamides is 1. The summed E-state index contributed by atoms with van der Waals surface area (Å²) in [4.78, 5) is 11.0. The largest absolute Gasteiger partial charge is 0.395 e. The van der Waals surface area contributed by atoms with E-state index in [1.807, 2.05) is 0 Å². The monoisotopic (exact) mass is 307 g/mol. The van der Waals surface area contributed by atoms with E-state index in [1.54, 1.807) is 0 Å². The van der Waals surface area contributed by atoms with E-state index in [-0.39, 0.29) is 16.2 Å². The Hall–Kier alpha value is -1.38. The molecule has 0 aliphatic heterocycles. The van der Waals surface area contributed by atoms with E-state index < -0.39 is 36.1 Å². The Bertz CT molecular complexity index is 575. The smallest absolute Gasteiger partial charge is 0.252 e. The van der Waals surface area contributed by atoms with Crippen LogP contribution in [0.2, 0.25) is 0 Å². The first-order valence-corrected chi connectivity index (χ1v) is 7.23. The zero-order valence-electron chi connectivity index (χ0n) is 10.8. The number of ketones is 1. The minimum Gasteiger partial charge on any atom is -0.395 e. The summed E-state index contributed by atoms with van der Waals surface area (Å²) in [6, 6.07) is 5.15. The van der Waals surface area contributed by atoms with Crippen molar-refractivity contribution < 1.29 is 27.1 Å². The van der Waals surface area contributed by atoms with E-state index in [4.69, 9.17) is 5.11 Å². The lowest BCUT2D eigenvalue weighted by molar-refractivity contribution is 0.101. The van der Waals surface area contributed by atoms with Crippen molar-refractivity contribution in [3.8, 4) is 0 Å². The SMILES string of the molecule is CC(=O)c1cccc(S(=O)(=O)N(CCO)CC(F)F)c1. The number of alkyl halides is 2. The van der Waals surface area contributed by atoms with Gasteiger partial charge in [-0.3, -0.25) is 4.79 Å². The summed E-state index contributed by atoms with van der Waals surface area (Å²) in [5.74, 6) is -0.329. The highest BCUT2D eigenvalue weighted by Crippen LogP contribution is 2.18. The predicted molar refractivity (Wildman–Crippen MR) is 68.3 cm³/mol. The fraction of sp³-hybridized carbons (Fsp3) is 0.417. The fourth-order valence-electron chi connectivity index (χ4n) is 1.60. The molecule has 0 radical (unpaired) electrons. The van der Waals surface area contributed by atoms with Gasteiger partial charge in [-0.2, -0.15) is 4.31 Å². The van der Waals surface area contributed by atoms with Crippen LogP contribution < -0.4 is 0 Å². The van der Waals surface area contributed by atoms with Crippen molar-refractivity contribution in [1.82, 2.24) is 4.31 Å². The molecule has 1 aromatic rings. The molecule has 0 aromatic heterocycles. The van der Waals surface area contributed by atoms with Crippen LogP contribution >= 0.6 is 0 Å². The van der Waals surface area contributed by atoms with Gasteiger partial charge in [-0.25, -0.2) is 17.2 Å². The number of hydrogen-bond donors (Lipinski definition) is 1. The number of carbonyl (C=O) groups excluding carboxylic acids is 1. The third-order valence-electron chi connectivity index (χ3n) is 2.57. The predicted octanol–water partition coefficient (Wildman–Crippen LogP) is 1.14. The summed E-state index contributed by atoms with van der Waals surface area (Å²) < 4.78 is 49.7. The molecule has 20 heavy (non-hydrogen) atoms. The standard InChI is InChI=1S/C12H15F2NO4S/c1-9(17)10-3-2-4-11(7-10)20(18,19)15(5-6-16)8-12(13)14/h2-4,7,12,16H,5-6,8H2,1H3. The molecule has 0 heterocycles. The Morgan fingerprint density at radius 1 is 1.40 bits per heavy atom. The quantitative estimate of drug-likeness (QED) is 0.767. The van der Waals surface area contributed by atoms with Crippen LogP contribution in [0, 0.1) is 0 Å². The third-order valence-corrected chi connectivity index (χ3v) is 4.43. The molecule has 1 aromatic carbocycles. The maximum absolute atomic E-state index is 12.4. The van der Waals surface area contributed by atoms with Crippen molar-refractivity contribution in [3.63, 3.8) is 0 Å². The number of nitrogens with zero attached hydrogens (tertiary/aromatic N) is 1.